The van der Waals surface area contributed by atoms with E-state index in [0.717, 1.165) is 36.8 Å². The van der Waals surface area contributed by atoms with Crippen molar-refractivity contribution in [1.82, 2.24) is 10.3 Å². The summed E-state index contributed by atoms with van der Waals surface area (Å²) < 4.78 is 0. The Labute approximate surface area is 211 Å². The van der Waals surface area contributed by atoms with Crippen LogP contribution in [0, 0.1) is 6.92 Å². The van der Waals surface area contributed by atoms with E-state index < -0.39 is 6.04 Å². The third kappa shape index (κ3) is 5.97. The van der Waals surface area contributed by atoms with Gasteiger partial charge in [0.05, 0.1) is 0 Å². The molecule has 36 heavy (non-hydrogen) atoms. The van der Waals surface area contributed by atoms with Crippen molar-refractivity contribution >= 4 is 29.1 Å². The van der Waals surface area contributed by atoms with E-state index in [2.05, 4.69) is 15.6 Å². The quantitative estimate of drug-likeness (QED) is 0.483. The van der Waals surface area contributed by atoms with Gasteiger partial charge in [0, 0.05) is 30.5 Å². The molecule has 0 radical (unpaired) electrons. The lowest BCUT2D eigenvalue weighted by atomic mass is 9.93. The van der Waals surface area contributed by atoms with Crippen molar-refractivity contribution < 1.29 is 14.4 Å². The van der Waals surface area contributed by atoms with Gasteiger partial charge in [-0.15, -0.1) is 0 Å². The van der Waals surface area contributed by atoms with Crippen molar-refractivity contribution in [2.24, 2.45) is 0 Å². The Kier molecular flexibility index (Phi) is 8.10. The van der Waals surface area contributed by atoms with Gasteiger partial charge >= 0.3 is 0 Å². The van der Waals surface area contributed by atoms with Crippen LogP contribution in [0.5, 0.6) is 0 Å². The monoisotopic (exact) mass is 484 g/mol. The molecule has 2 N–H and O–H groups in total. The number of rotatable bonds is 7. The van der Waals surface area contributed by atoms with Gasteiger partial charge in [0.25, 0.3) is 5.91 Å². The number of hydrogen-bond acceptors (Lipinski definition) is 4. The van der Waals surface area contributed by atoms with Crippen LogP contribution in [0.2, 0.25) is 0 Å². The Morgan fingerprint density at radius 2 is 1.61 bits per heavy atom. The number of carbonyl (C=O) groups is 3. The van der Waals surface area contributed by atoms with E-state index in [-0.39, 0.29) is 29.5 Å². The van der Waals surface area contributed by atoms with Gasteiger partial charge in [-0.2, -0.15) is 0 Å². The molecule has 1 unspecified atom stereocenters. The van der Waals surface area contributed by atoms with Crippen molar-refractivity contribution in [3.8, 4) is 0 Å². The van der Waals surface area contributed by atoms with Crippen LogP contribution in [0.1, 0.15) is 66.7 Å². The first-order valence-corrected chi connectivity index (χ1v) is 12.4. The zero-order valence-corrected chi connectivity index (χ0v) is 20.7. The van der Waals surface area contributed by atoms with E-state index in [4.69, 9.17) is 0 Å². The molecule has 3 amide bonds. The highest BCUT2D eigenvalue weighted by molar-refractivity contribution is 6.09. The lowest BCUT2D eigenvalue weighted by molar-refractivity contribution is -0.123. The number of amides is 3. The Hall–Kier alpha value is -4.00. The van der Waals surface area contributed by atoms with Crippen molar-refractivity contribution in [2.45, 2.75) is 58.0 Å². The fraction of sp³-hybridized carbons (Fsp3) is 0.310. The summed E-state index contributed by atoms with van der Waals surface area (Å²) in [4.78, 5) is 45.2. The summed E-state index contributed by atoms with van der Waals surface area (Å²) >= 11 is 0. The minimum Gasteiger partial charge on any atom is -0.351 e. The highest BCUT2D eigenvalue weighted by atomic mass is 16.2. The molecule has 0 spiro atoms. The summed E-state index contributed by atoms with van der Waals surface area (Å²) in [6.07, 6.45) is 6.79. The second-order valence-corrected chi connectivity index (χ2v) is 9.22. The maximum Gasteiger partial charge on any atom is 0.277 e. The Balaban J connectivity index is 1.80. The van der Waals surface area contributed by atoms with Gasteiger partial charge in [-0.05, 0) is 67.3 Å². The minimum absolute atomic E-state index is 0.0895. The van der Waals surface area contributed by atoms with Gasteiger partial charge in [0.15, 0.2) is 0 Å². The van der Waals surface area contributed by atoms with Crippen LogP contribution in [0.3, 0.4) is 0 Å². The average molecular weight is 485 g/mol. The van der Waals surface area contributed by atoms with Crippen LogP contribution in [-0.4, -0.2) is 28.7 Å². The SMILES string of the molecule is CC(=O)Nc1ccc(N(C(=O)c2ccccn2)C(C(=O)NC2CCCCC2)c2ccccc2C)cc1. The van der Waals surface area contributed by atoms with Gasteiger partial charge in [0.2, 0.25) is 11.8 Å². The molecule has 3 aromatic rings. The number of anilines is 2. The zero-order chi connectivity index (χ0) is 25.5. The van der Waals surface area contributed by atoms with Crippen LogP contribution in [0.25, 0.3) is 0 Å². The molecule has 7 heteroatoms. The van der Waals surface area contributed by atoms with E-state index in [9.17, 15) is 14.4 Å². The van der Waals surface area contributed by atoms with Gasteiger partial charge < -0.3 is 10.6 Å². The lowest BCUT2D eigenvalue weighted by Gasteiger charge is -2.34. The van der Waals surface area contributed by atoms with Crippen molar-refractivity contribution in [3.05, 3.63) is 89.7 Å². The second kappa shape index (κ2) is 11.6. The number of pyridine rings is 1. The predicted molar refractivity (Wildman–Crippen MR) is 141 cm³/mol. The van der Waals surface area contributed by atoms with Gasteiger partial charge in [-0.1, -0.05) is 49.6 Å². The normalized spacial score (nSPS) is 14.5. The van der Waals surface area contributed by atoms with Crippen molar-refractivity contribution in [2.75, 3.05) is 10.2 Å². The standard InChI is InChI=1S/C29H32N4O3/c1-20-10-6-7-13-25(20)27(28(35)32-22-11-4-3-5-12-22)33(29(36)26-14-8-9-19-30-26)24-17-15-23(16-18-24)31-21(2)34/h6-10,13-19,22,27H,3-5,11-12H2,1-2H3,(H,31,34)(H,32,35). The molecule has 0 aliphatic heterocycles. The van der Waals surface area contributed by atoms with Gasteiger partial charge in [-0.3, -0.25) is 24.3 Å². The van der Waals surface area contributed by atoms with Crippen LogP contribution in [0.15, 0.2) is 72.9 Å². The third-order valence-electron chi connectivity index (χ3n) is 6.51. The number of aromatic nitrogens is 1. The first-order chi connectivity index (χ1) is 17.4. The second-order valence-electron chi connectivity index (χ2n) is 9.22. The molecule has 7 nitrogen and oxygen atoms in total. The first kappa shape index (κ1) is 25.1. The summed E-state index contributed by atoms with van der Waals surface area (Å²) in [6, 6.07) is 18.9. The molecule has 2 aromatic carbocycles. The molecule has 0 bridgehead atoms. The van der Waals surface area contributed by atoms with Gasteiger partial charge in [0.1, 0.15) is 11.7 Å². The Bertz CT molecular complexity index is 1200. The molecule has 1 aliphatic carbocycles. The van der Waals surface area contributed by atoms with Crippen LogP contribution in [-0.2, 0) is 9.59 Å². The average Bonchev–Trinajstić information content (AvgIpc) is 2.89. The molecular weight excluding hydrogens is 452 g/mol. The number of aryl methyl sites for hydroxylation is 1. The van der Waals surface area contributed by atoms with E-state index >= 15 is 0 Å². The summed E-state index contributed by atoms with van der Waals surface area (Å²) in [5, 5.41) is 5.97. The molecule has 1 aromatic heterocycles. The van der Waals surface area contributed by atoms with Crippen LogP contribution < -0.4 is 15.5 Å². The first-order valence-electron chi connectivity index (χ1n) is 12.4. The molecule has 1 heterocycles. The smallest absolute Gasteiger partial charge is 0.277 e. The molecule has 1 saturated carbocycles. The van der Waals surface area contributed by atoms with E-state index in [1.165, 1.54) is 18.2 Å². The summed E-state index contributed by atoms with van der Waals surface area (Å²) in [5.74, 6) is -0.782. The molecule has 0 saturated heterocycles. The number of nitrogens with one attached hydrogen (secondary N) is 2. The summed E-state index contributed by atoms with van der Waals surface area (Å²) in [6.45, 7) is 3.38. The van der Waals surface area contributed by atoms with Crippen LogP contribution in [0.4, 0.5) is 11.4 Å². The molecular formula is C29H32N4O3. The maximum absolute atomic E-state index is 13.9. The highest BCUT2D eigenvalue weighted by Crippen LogP contribution is 2.32. The third-order valence-corrected chi connectivity index (χ3v) is 6.51. The van der Waals surface area contributed by atoms with E-state index in [1.807, 2.05) is 31.2 Å². The Morgan fingerprint density at radius 3 is 2.25 bits per heavy atom. The fourth-order valence-electron chi connectivity index (χ4n) is 4.72. The highest BCUT2D eigenvalue weighted by Gasteiger charge is 2.35. The number of benzene rings is 2. The van der Waals surface area contributed by atoms with Crippen molar-refractivity contribution in [1.29, 1.82) is 0 Å². The molecule has 4 rings (SSSR count). The zero-order valence-electron chi connectivity index (χ0n) is 20.7. The van der Waals surface area contributed by atoms with Crippen LogP contribution >= 0.6 is 0 Å². The largest absolute Gasteiger partial charge is 0.351 e. The topological polar surface area (TPSA) is 91.4 Å². The van der Waals surface area contributed by atoms with Gasteiger partial charge in [-0.25, -0.2) is 0 Å². The number of nitrogens with zero attached hydrogens (tertiary/aromatic N) is 2. The number of carbonyl (C=O) groups excluding carboxylic acids is 3. The molecule has 1 aliphatic rings. The van der Waals surface area contributed by atoms with E-state index in [0.29, 0.717) is 11.4 Å². The maximum atomic E-state index is 13.9. The molecule has 1 atom stereocenters. The Morgan fingerprint density at radius 1 is 0.917 bits per heavy atom. The summed E-state index contributed by atoms with van der Waals surface area (Å²) in [7, 11) is 0. The fourth-order valence-corrected chi connectivity index (χ4v) is 4.72. The minimum atomic E-state index is -0.894. The lowest BCUT2D eigenvalue weighted by Crippen LogP contribution is -2.47. The van der Waals surface area contributed by atoms with Crippen molar-refractivity contribution in [3.63, 3.8) is 0 Å². The number of hydrogen-bond donors (Lipinski definition) is 2. The molecule has 1 fully saturated rings. The predicted octanol–water partition coefficient (Wildman–Crippen LogP) is 5.19. The van der Waals surface area contributed by atoms with E-state index in [1.54, 1.807) is 48.7 Å². The molecule has 186 valence electrons. The summed E-state index contributed by atoms with van der Waals surface area (Å²) in [5.41, 5.74) is 3.05.